The first-order chi connectivity index (χ1) is 12.4. The summed E-state index contributed by atoms with van der Waals surface area (Å²) in [7, 11) is 0. The molecule has 27 heavy (non-hydrogen) atoms. The van der Waals surface area contributed by atoms with Crippen LogP contribution in [0.3, 0.4) is 0 Å². The number of ether oxygens (including phenoxy) is 1. The van der Waals surface area contributed by atoms with Crippen LogP contribution < -0.4 is 16.0 Å². The Morgan fingerprint density at radius 2 is 1.93 bits per heavy atom. The lowest BCUT2D eigenvalue weighted by Gasteiger charge is -2.39. The summed E-state index contributed by atoms with van der Waals surface area (Å²) in [6.07, 6.45) is 6.22. The Hall–Kier alpha value is -0.570. The zero-order valence-corrected chi connectivity index (χ0v) is 19.8. The molecular formula is C20H39IN4O2. The SMILES string of the molecule is CCNC(=NCC1CCCOC1C(C)(C)C)NCCCC(=O)NC1CC1.I. The van der Waals surface area contributed by atoms with Gasteiger partial charge in [0.25, 0.3) is 0 Å². The minimum absolute atomic E-state index is 0. The molecule has 1 saturated carbocycles. The average Bonchev–Trinajstić information content (AvgIpc) is 3.39. The molecule has 7 heteroatoms. The fraction of sp³-hybridized carbons (Fsp3) is 0.900. The van der Waals surface area contributed by atoms with Crippen molar-refractivity contribution in [2.24, 2.45) is 16.3 Å². The largest absolute Gasteiger partial charge is 0.377 e. The fourth-order valence-electron chi connectivity index (χ4n) is 3.52. The Morgan fingerprint density at radius 3 is 2.56 bits per heavy atom. The minimum atomic E-state index is 0. The maximum atomic E-state index is 11.7. The third-order valence-electron chi connectivity index (χ3n) is 4.94. The highest BCUT2D eigenvalue weighted by Gasteiger charge is 2.35. The molecule has 0 radical (unpaired) electrons. The van der Waals surface area contributed by atoms with Crippen molar-refractivity contribution in [3.05, 3.63) is 0 Å². The summed E-state index contributed by atoms with van der Waals surface area (Å²) in [6.45, 7) is 12.0. The van der Waals surface area contributed by atoms with E-state index in [1.807, 2.05) is 0 Å². The second-order valence-electron chi connectivity index (χ2n) is 8.65. The van der Waals surface area contributed by atoms with Crippen molar-refractivity contribution in [2.45, 2.75) is 78.4 Å². The van der Waals surface area contributed by atoms with E-state index >= 15 is 0 Å². The van der Waals surface area contributed by atoms with E-state index in [-0.39, 0.29) is 41.4 Å². The van der Waals surface area contributed by atoms with Gasteiger partial charge in [-0.1, -0.05) is 20.8 Å². The zero-order valence-electron chi connectivity index (χ0n) is 17.5. The van der Waals surface area contributed by atoms with Crippen molar-refractivity contribution in [1.29, 1.82) is 0 Å². The molecule has 1 aliphatic carbocycles. The monoisotopic (exact) mass is 494 g/mol. The minimum Gasteiger partial charge on any atom is -0.377 e. The molecule has 1 amide bonds. The van der Waals surface area contributed by atoms with Crippen molar-refractivity contribution in [1.82, 2.24) is 16.0 Å². The summed E-state index contributed by atoms with van der Waals surface area (Å²) >= 11 is 0. The maximum Gasteiger partial charge on any atom is 0.220 e. The van der Waals surface area contributed by atoms with Crippen LogP contribution in [-0.2, 0) is 9.53 Å². The van der Waals surface area contributed by atoms with Gasteiger partial charge in [-0.25, -0.2) is 0 Å². The van der Waals surface area contributed by atoms with Gasteiger partial charge in [0.1, 0.15) is 0 Å². The van der Waals surface area contributed by atoms with Crippen molar-refractivity contribution in [3.8, 4) is 0 Å². The Kier molecular flexibility index (Phi) is 11.0. The van der Waals surface area contributed by atoms with Gasteiger partial charge >= 0.3 is 0 Å². The molecule has 1 aliphatic heterocycles. The zero-order chi connectivity index (χ0) is 19.0. The number of amides is 1. The second-order valence-corrected chi connectivity index (χ2v) is 8.65. The van der Waals surface area contributed by atoms with E-state index in [0.717, 1.165) is 57.9 Å². The van der Waals surface area contributed by atoms with Crippen molar-refractivity contribution >= 4 is 35.8 Å². The number of carbonyl (C=O) groups excluding carboxylic acids is 1. The van der Waals surface area contributed by atoms with E-state index in [1.54, 1.807) is 0 Å². The van der Waals surface area contributed by atoms with E-state index in [4.69, 9.17) is 9.73 Å². The number of hydrogen-bond donors (Lipinski definition) is 3. The number of hydrogen-bond acceptors (Lipinski definition) is 3. The molecule has 0 spiro atoms. The maximum absolute atomic E-state index is 11.7. The smallest absolute Gasteiger partial charge is 0.220 e. The first kappa shape index (κ1) is 24.5. The molecule has 0 aromatic rings. The van der Waals surface area contributed by atoms with Gasteiger partial charge < -0.3 is 20.7 Å². The van der Waals surface area contributed by atoms with Gasteiger partial charge in [0, 0.05) is 44.6 Å². The highest BCUT2D eigenvalue weighted by atomic mass is 127. The summed E-state index contributed by atoms with van der Waals surface area (Å²) in [5, 5.41) is 9.69. The predicted octanol–water partition coefficient (Wildman–Crippen LogP) is 3.06. The summed E-state index contributed by atoms with van der Waals surface area (Å²) in [5.41, 5.74) is 0.140. The first-order valence-corrected chi connectivity index (χ1v) is 10.3. The van der Waals surface area contributed by atoms with Crippen LogP contribution in [0.25, 0.3) is 0 Å². The Morgan fingerprint density at radius 1 is 1.19 bits per heavy atom. The molecule has 1 saturated heterocycles. The Balaban J connectivity index is 0.00000364. The molecule has 2 unspecified atom stereocenters. The lowest BCUT2D eigenvalue weighted by molar-refractivity contribution is -0.121. The number of nitrogens with zero attached hydrogens (tertiary/aromatic N) is 1. The van der Waals surface area contributed by atoms with Crippen LogP contribution in [0.2, 0.25) is 0 Å². The topological polar surface area (TPSA) is 74.8 Å². The van der Waals surface area contributed by atoms with Crippen LogP contribution in [0.4, 0.5) is 0 Å². The van der Waals surface area contributed by atoms with Crippen LogP contribution in [0, 0.1) is 11.3 Å². The summed E-state index contributed by atoms with van der Waals surface area (Å²) in [4.78, 5) is 16.5. The fourth-order valence-corrected chi connectivity index (χ4v) is 3.52. The molecule has 0 bridgehead atoms. The van der Waals surface area contributed by atoms with Crippen LogP contribution in [-0.4, -0.2) is 50.3 Å². The number of nitrogens with one attached hydrogen (secondary N) is 3. The van der Waals surface area contributed by atoms with Gasteiger partial charge in [-0.2, -0.15) is 0 Å². The van der Waals surface area contributed by atoms with Crippen molar-refractivity contribution in [3.63, 3.8) is 0 Å². The lowest BCUT2D eigenvalue weighted by Crippen LogP contribution is -2.43. The van der Waals surface area contributed by atoms with Gasteiger partial charge in [-0.05, 0) is 44.4 Å². The van der Waals surface area contributed by atoms with Gasteiger partial charge in [-0.3, -0.25) is 9.79 Å². The highest BCUT2D eigenvalue weighted by Crippen LogP contribution is 2.34. The van der Waals surface area contributed by atoms with Gasteiger partial charge in [0.2, 0.25) is 5.91 Å². The predicted molar refractivity (Wildman–Crippen MR) is 122 cm³/mol. The van der Waals surface area contributed by atoms with E-state index in [1.165, 1.54) is 6.42 Å². The molecule has 2 rings (SSSR count). The highest BCUT2D eigenvalue weighted by molar-refractivity contribution is 14.0. The number of aliphatic imine (C=N–C) groups is 1. The molecule has 1 heterocycles. The molecule has 0 aromatic heterocycles. The Labute approximate surface area is 182 Å². The van der Waals surface area contributed by atoms with Gasteiger partial charge in [0.15, 0.2) is 5.96 Å². The second kappa shape index (κ2) is 12.1. The molecule has 3 N–H and O–H groups in total. The van der Waals surface area contributed by atoms with E-state index in [9.17, 15) is 4.79 Å². The third-order valence-corrected chi connectivity index (χ3v) is 4.94. The molecule has 2 fully saturated rings. The van der Waals surface area contributed by atoms with E-state index < -0.39 is 0 Å². The average molecular weight is 494 g/mol. The molecule has 2 atom stereocenters. The molecular weight excluding hydrogens is 455 g/mol. The molecule has 0 aromatic carbocycles. The number of rotatable bonds is 8. The van der Waals surface area contributed by atoms with Crippen molar-refractivity contribution < 1.29 is 9.53 Å². The van der Waals surface area contributed by atoms with Crippen LogP contribution >= 0.6 is 24.0 Å². The summed E-state index contributed by atoms with van der Waals surface area (Å²) in [5.74, 6) is 1.47. The number of halogens is 1. The number of carbonyl (C=O) groups is 1. The molecule has 2 aliphatic rings. The van der Waals surface area contributed by atoms with Gasteiger partial charge in [0.05, 0.1) is 6.10 Å². The normalized spacial score (nSPS) is 23.3. The Bertz CT molecular complexity index is 475. The molecule has 158 valence electrons. The standard InChI is InChI=1S/C20H38N4O2.HI/c1-5-21-19(22-12-6-9-17(25)24-16-10-11-16)23-14-15-8-7-13-26-18(15)20(2,3)4;/h15-16,18H,5-14H2,1-4H3,(H,24,25)(H2,21,22,23);1H. The molecule has 6 nitrogen and oxygen atoms in total. The summed E-state index contributed by atoms with van der Waals surface area (Å²) < 4.78 is 6.05. The number of guanidine groups is 1. The lowest BCUT2D eigenvalue weighted by atomic mass is 9.78. The van der Waals surface area contributed by atoms with E-state index in [0.29, 0.717) is 18.4 Å². The summed E-state index contributed by atoms with van der Waals surface area (Å²) in [6, 6.07) is 0.447. The van der Waals surface area contributed by atoms with Crippen molar-refractivity contribution in [2.75, 3.05) is 26.2 Å². The van der Waals surface area contributed by atoms with Gasteiger partial charge in [-0.15, -0.1) is 24.0 Å². The quantitative estimate of drug-likeness (QED) is 0.210. The van der Waals surface area contributed by atoms with Crippen LogP contribution in [0.1, 0.15) is 66.2 Å². The van der Waals surface area contributed by atoms with E-state index in [2.05, 4.69) is 43.6 Å². The van der Waals surface area contributed by atoms with Crippen LogP contribution in [0.15, 0.2) is 4.99 Å². The third kappa shape index (κ3) is 9.45. The van der Waals surface area contributed by atoms with Crippen LogP contribution in [0.5, 0.6) is 0 Å². The first-order valence-electron chi connectivity index (χ1n) is 10.3.